The van der Waals surface area contributed by atoms with Crippen molar-refractivity contribution in [3.05, 3.63) is 78.9 Å². The van der Waals surface area contributed by atoms with Gasteiger partial charge in [0.1, 0.15) is 5.82 Å². The molecule has 0 bridgehead atoms. The van der Waals surface area contributed by atoms with Crippen LogP contribution in [-0.4, -0.2) is 24.1 Å². The van der Waals surface area contributed by atoms with Crippen molar-refractivity contribution in [3.63, 3.8) is 0 Å². The van der Waals surface area contributed by atoms with E-state index < -0.39 is 0 Å². The number of halogens is 2. The number of nitrogens with one attached hydrogen (secondary N) is 2. The topological polar surface area (TPSA) is 53.1 Å². The van der Waals surface area contributed by atoms with E-state index in [2.05, 4.69) is 32.7 Å². The molecule has 5 nitrogen and oxygen atoms in total. The first-order valence-corrected chi connectivity index (χ1v) is 8.82. The molecule has 4 rings (SSSR count). The highest BCUT2D eigenvalue weighted by molar-refractivity contribution is 5.92. The molecule has 7 heteroatoms. The number of anilines is 5. The van der Waals surface area contributed by atoms with Gasteiger partial charge in [0.15, 0.2) is 0 Å². The third-order valence-electron chi connectivity index (χ3n) is 4.28. The minimum absolute atomic E-state index is 0. The fourth-order valence-corrected chi connectivity index (χ4v) is 2.86. The molecule has 29 heavy (non-hydrogen) atoms. The van der Waals surface area contributed by atoms with E-state index in [9.17, 15) is 0 Å². The van der Waals surface area contributed by atoms with E-state index in [-0.39, 0.29) is 24.8 Å². The van der Waals surface area contributed by atoms with Gasteiger partial charge in [0.2, 0.25) is 5.95 Å². The molecule has 1 heterocycles. The van der Waals surface area contributed by atoms with E-state index in [1.807, 2.05) is 80.8 Å². The highest BCUT2D eigenvalue weighted by atomic mass is 35.5. The second kappa shape index (κ2) is 9.96. The van der Waals surface area contributed by atoms with E-state index in [1.165, 1.54) is 0 Å². The fourth-order valence-electron chi connectivity index (χ4n) is 2.86. The molecule has 0 aliphatic carbocycles. The summed E-state index contributed by atoms with van der Waals surface area (Å²) in [6.45, 7) is 0. The number of aromatic nitrogens is 2. The molecular formula is C22H23Cl2N5. The Morgan fingerprint density at radius 2 is 1.28 bits per heavy atom. The van der Waals surface area contributed by atoms with Crippen LogP contribution in [0.5, 0.6) is 0 Å². The van der Waals surface area contributed by atoms with Crippen LogP contribution in [-0.2, 0) is 0 Å². The van der Waals surface area contributed by atoms with Crippen molar-refractivity contribution in [2.75, 3.05) is 29.6 Å². The summed E-state index contributed by atoms with van der Waals surface area (Å²) in [7, 11) is 4.05. The zero-order chi connectivity index (χ0) is 18.6. The lowest BCUT2D eigenvalue weighted by molar-refractivity contribution is 1.13. The van der Waals surface area contributed by atoms with Gasteiger partial charge in [-0.25, -0.2) is 4.98 Å². The van der Waals surface area contributed by atoms with Crippen molar-refractivity contribution in [3.8, 4) is 0 Å². The molecule has 4 aromatic rings. The SMILES string of the molecule is CN(C)c1ccc(Nc2nc(Nc3ccccc3)c3ccccc3n2)cc1.Cl.Cl. The van der Waals surface area contributed by atoms with Gasteiger partial charge in [0.05, 0.1) is 5.52 Å². The van der Waals surface area contributed by atoms with Gasteiger partial charge >= 0.3 is 0 Å². The van der Waals surface area contributed by atoms with Crippen molar-refractivity contribution < 1.29 is 0 Å². The van der Waals surface area contributed by atoms with E-state index in [4.69, 9.17) is 4.98 Å². The van der Waals surface area contributed by atoms with E-state index in [0.717, 1.165) is 33.8 Å². The molecule has 0 saturated carbocycles. The zero-order valence-electron chi connectivity index (χ0n) is 16.2. The maximum absolute atomic E-state index is 4.71. The summed E-state index contributed by atoms with van der Waals surface area (Å²) in [5.74, 6) is 1.34. The van der Waals surface area contributed by atoms with Gasteiger partial charge in [-0.3, -0.25) is 0 Å². The Morgan fingerprint density at radius 3 is 1.97 bits per heavy atom. The number of benzene rings is 3. The van der Waals surface area contributed by atoms with Crippen molar-refractivity contribution in [2.24, 2.45) is 0 Å². The maximum atomic E-state index is 4.71. The van der Waals surface area contributed by atoms with Gasteiger partial charge in [-0.2, -0.15) is 4.98 Å². The van der Waals surface area contributed by atoms with Gasteiger partial charge in [-0.05, 0) is 48.5 Å². The first-order chi connectivity index (χ1) is 13.2. The van der Waals surface area contributed by atoms with E-state index in [1.54, 1.807) is 0 Å². The molecule has 2 N–H and O–H groups in total. The van der Waals surface area contributed by atoms with Crippen LogP contribution in [0.4, 0.5) is 28.8 Å². The minimum Gasteiger partial charge on any atom is -0.378 e. The molecule has 0 unspecified atom stereocenters. The van der Waals surface area contributed by atoms with Crippen LogP contribution < -0.4 is 15.5 Å². The van der Waals surface area contributed by atoms with Crippen LogP contribution in [0.15, 0.2) is 78.9 Å². The molecule has 0 amide bonds. The van der Waals surface area contributed by atoms with Crippen molar-refractivity contribution in [1.29, 1.82) is 0 Å². The Balaban J connectivity index is 0.00000150. The Morgan fingerprint density at radius 1 is 0.655 bits per heavy atom. The Bertz CT molecular complexity index is 1050. The van der Waals surface area contributed by atoms with Gasteiger partial charge < -0.3 is 15.5 Å². The normalized spacial score (nSPS) is 9.86. The summed E-state index contributed by atoms with van der Waals surface area (Å²) in [4.78, 5) is 11.4. The molecule has 0 fully saturated rings. The number of hydrogen-bond acceptors (Lipinski definition) is 5. The Kier molecular flexibility index (Phi) is 7.65. The fraction of sp³-hybridized carbons (Fsp3) is 0.0909. The largest absolute Gasteiger partial charge is 0.378 e. The summed E-state index contributed by atoms with van der Waals surface area (Å²) in [5, 5.41) is 7.69. The lowest BCUT2D eigenvalue weighted by Gasteiger charge is -2.14. The lowest BCUT2D eigenvalue weighted by atomic mass is 10.2. The molecular weight excluding hydrogens is 405 g/mol. The van der Waals surface area contributed by atoms with Crippen molar-refractivity contribution in [1.82, 2.24) is 9.97 Å². The highest BCUT2D eigenvalue weighted by Crippen LogP contribution is 2.26. The van der Waals surface area contributed by atoms with Crippen molar-refractivity contribution in [2.45, 2.75) is 0 Å². The predicted molar refractivity (Wildman–Crippen MR) is 128 cm³/mol. The van der Waals surface area contributed by atoms with Crippen LogP contribution in [0.2, 0.25) is 0 Å². The summed E-state index contributed by atoms with van der Waals surface area (Å²) < 4.78 is 0. The average Bonchev–Trinajstić information content (AvgIpc) is 2.69. The molecule has 1 aromatic heterocycles. The number of para-hydroxylation sites is 2. The summed E-state index contributed by atoms with van der Waals surface area (Å²) in [6.07, 6.45) is 0. The number of hydrogen-bond donors (Lipinski definition) is 2. The third kappa shape index (κ3) is 5.28. The third-order valence-corrected chi connectivity index (χ3v) is 4.28. The molecule has 150 valence electrons. The summed E-state index contributed by atoms with van der Waals surface area (Å²) in [6, 6.07) is 26.2. The van der Waals surface area contributed by atoms with Crippen LogP contribution in [0.1, 0.15) is 0 Å². The first-order valence-electron chi connectivity index (χ1n) is 8.82. The van der Waals surface area contributed by atoms with Gasteiger partial charge in [0.25, 0.3) is 0 Å². The zero-order valence-corrected chi connectivity index (χ0v) is 17.8. The van der Waals surface area contributed by atoms with Gasteiger partial charge in [-0.15, -0.1) is 24.8 Å². The number of nitrogens with zero attached hydrogens (tertiary/aromatic N) is 3. The van der Waals surface area contributed by atoms with E-state index in [0.29, 0.717) is 5.95 Å². The van der Waals surface area contributed by atoms with Crippen molar-refractivity contribution >= 4 is 64.5 Å². The second-order valence-electron chi connectivity index (χ2n) is 6.47. The molecule has 0 atom stereocenters. The Labute approximate surface area is 183 Å². The van der Waals surface area contributed by atoms with Crippen LogP contribution in [0, 0.1) is 0 Å². The van der Waals surface area contributed by atoms with Crippen LogP contribution >= 0.6 is 24.8 Å². The van der Waals surface area contributed by atoms with Crippen LogP contribution in [0.3, 0.4) is 0 Å². The number of fused-ring (bicyclic) bond motifs is 1. The second-order valence-corrected chi connectivity index (χ2v) is 6.47. The smallest absolute Gasteiger partial charge is 0.229 e. The van der Waals surface area contributed by atoms with Gasteiger partial charge in [-0.1, -0.05) is 30.3 Å². The molecule has 0 spiro atoms. The molecule has 0 saturated heterocycles. The Hall–Kier alpha value is -3.02. The summed E-state index contributed by atoms with van der Waals surface area (Å²) >= 11 is 0. The first kappa shape index (κ1) is 22.3. The van der Waals surface area contributed by atoms with E-state index >= 15 is 0 Å². The minimum atomic E-state index is 0. The van der Waals surface area contributed by atoms with Crippen LogP contribution in [0.25, 0.3) is 10.9 Å². The monoisotopic (exact) mass is 427 g/mol. The standard InChI is InChI=1S/C22H21N5.2ClH/c1-27(2)18-14-12-17(13-15-18)24-22-25-20-11-7-6-10-19(20)21(26-22)23-16-8-4-3-5-9-16;;/h3-15H,1-2H3,(H2,23,24,25,26);2*1H. The summed E-state index contributed by atoms with van der Waals surface area (Å²) in [5.41, 5.74) is 3.97. The molecule has 0 aliphatic rings. The molecule has 0 aliphatic heterocycles. The molecule has 0 radical (unpaired) electrons. The average molecular weight is 428 g/mol. The highest BCUT2D eigenvalue weighted by Gasteiger charge is 2.08. The molecule has 3 aromatic carbocycles. The maximum Gasteiger partial charge on any atom is 0.229 e. The quantitative estimate of drug-likeness (QED) is 0.407. The predicted octanol–water partition coefficient (Wildman–Crippen LogP) is 6.03. The lowest BCUT2D eigenvalue weighted by Crippen LogP contribution is -2.08. The number of rotatable bonds is 5. The van der Waals surface area contributed by atoms with Gasteiger partial charge in [0, 0.05) is 36.5 Å².